The molecule has 1 saturated heterocycles. The number of fused-ring (bicyclic) bond motifs is 3. The van der Waals surface area contributed by atoms with Crippen LogP contribution in [0.3, 0.4) is 0 Å². The number of benzene rings is 3. The number of alkyl carbamates (subject to hydrolysis) is 1. The van der Waals surface area contributed by atoms with E-state index in [1.165, 1.54) is 4.90 Å². The predicted octanol–water partition coefficient (Wildman–Crippen LogP) is 4.78. The highest BCUT2D eigenvalue weighted by Gasteiger charge is 2.44. The Labute approximate surface area is 214 Å². The maximum Gasteiger partial charge on any atom is 0.410 e. The van der Waals surface area contributed by atoms with E-state index >= 15 is 0 Å². The summed E-state index contributed by atoms with van der Waals surface area (Å²) >= 11 is 0. The van der Waals surface area contributed by atoms with Crippen molar-refractivity contribution in [2.75, 3.05) is 19.7 Å². The molecule has 1 aliphatic heterocycles. The second-order valence-corrected chi connectivity index (χ2v) is 9.51. The van der Waals surface area contributed by atoms with Gasteiger partial charge in [-0.3, -0.25) is 4.79 Å². The van der Waals surface area contributed by atoms with Crippen molar-refractivity contribution in [3.8, 4) is 11.1 Å². The summed E-state index contributed by atoms with van der Waals surface area (Å²) in [4.78, 5) is 38.6. The van der Waals surface area contributed by atoms with Crippen LogP contribution >= 0.6 is 0 Å². The van der Waals surface area contributed by atoms with Gasteiger partial charge in [0.1, 0.15) is 13.2 Å². The number of hydrogen-bond acceptors (Lipinski definition) is 5. The van der Waals surface area contributed by atoms with Crippen LogP contribution in [-0.2, 0) is 20.9 Å². The minimum Gasteiger partial charge on any atom is -0.481 e. The largest absolute Gasteiger partial charge is 0.481 e. The number of ether oxygens (including phenoxy) is 2. The summed E-state index contributed by atoms with van der Waals surface area (Å²) in [5.41, 5.74) is 4.13. The number of likely N-dealkylation sites (tertiary alicyclic amines) is 1. The fourth-order valence-electron chi connectivity index (χ4n) is 5.27. The van der Waals surface area contributed by atoms with Gasteiger partial charge < -0.3 is 24.8 Å². The summed E-state index contributed by atoms with van der Waals surface area (Å²) in [5.74, 6) is -1.18. The van der Waals surface area contributed by atoms with E-state index in [-0.39, 0.29) is 45.1 Å². The summed E-state index contributed by atoms with van der Waals surface area (Å²) < 4.78 is 11.0. The number of carboxylic acid groups (broad SMARTS) is 1. The minimum atomic E-state index is -1.14. The molecule has 8 nitrogen and oxygen atoms in total. The van der Waals surface area contributed by atoms with Crippen molar-refractivity contribution in [2.24, 2.45) is 0 Å². The van der Waals surface area contributed by atoms with Crippen LogP contribution in [0.25, 0.3) is 11.1 Å². The van der Waals surface area contributed by atoms with Gasteiger partial charge in [0.2, 0.25) is 0 Å². The highest BCUT2D eigenvalue weighted by molar-refractivity contribution is 5.79. The molecule has 0 bridgehead atoms. The third kappa shape index (κ3) is 5.28. The van der Waals surface area contributed by atoms with Crippen molar-refractivity contribution in [3.63, 3.8) is 0 Å². The molecule has 1 atom stereocenters. The summed E-state index contributed by atoms with van der Waals surface area (Å²) in [6.45, 7) is 0.523. The monoisotopic (exact) mass is 500 g/mol. The summed E-state index contributed by atoms with van der Waals surface area (Å²) in [7, 11) is 0. The van der Waals surface area contributed by atoms with Gasteiger partial charge in [-0.05, 0) is 34.2 Å². The van der Waals surface area contributed by atoms with Gasteiger partial charge in [0, 0.05) is 19.0 Å². The quantitative estimate of drug-likeness (QED) is 0.484. The Balaban J connectivity index is 1.22. The topological polar surface area (TPSA) is 105 Å². The molecule has 1 heterocycles. The number of rotatable bonds is 7. The van der Waals surface area contributed by atoms with Crippen molar-refractivity contribution >= 4 is 18.2 Å². The lowest BCUT2D eigenvalue weighted by Gasteiger charge is -2.28. The lowest BCUT2D eigenvalue weighted by Crippen LogP contribution is -2.52. The first-order valence-corrected chi connectivity index (χ1v) is 12.2. The van der Waals surface area contributed by atoms with Crippen molar-refractivity contribution in [1.82, 2.24) is 10.2 Å². The molecule has 0 aromatic heterocycles. The number of nitrogens with zero attached hydrogens (tertiary/aromatic N) is 1. The molecule has 37 heavy (non-hydrogen) atoms. The highest BCUT2D eigenvalue weighted by Crippen LogP contribution is 2.44. The van der Waals surface area contributed by atoms with Gasteiger partial charge in [-0.2, -0.15) is 0 Å². The third-order valence-electron chi connectivity index (χ3n) is 7.02. The number of hydrogen-bond donors (Lipinski definition) is 2. The lowest BCUT2D eigenvalue weighted by atomic mass is 9.94. The van der Waals surface area contributed by atoms with Crippen LogP contribution in [0.5, 0.6) is 0 Å². The number of aliphatic carboxylic acids is 1. The number of carbonyl (C=O) groups is 3. The average molecular weight is 501 g/mol. The SMILES string of the molecule is O=C(O)CC1(NC(=O)OCC2c3ccccc3-c3ccccc32)CCN(C(=O)OCc2ccccc2)C1. The fraction of sp³-hybridized carbons (Fsp3) is 0.276. The van der Waals surface area contributed by atoms with E-state index in [1.54, 1.807) is 0 Å². The molecule has 0 spiro atoms. The minimum absolute atomic E-state index is 0.0249. The molecule has 1 fully saturated rings. The van der Waals surface area contributed by atoms with Crippen LogP contribution in [0.1, 0.15) is 35.4 Å². The van der Waals surface area contributed by atoms with E-state index in [1.807, 2.05) is 66.7 Å². The Kier molecular flexibility index (Phi) is 6.81. The molecule has 1 aliphatic carbocycles. The molecule has 2 aliphatic rings. The van der Waals surface area contributed by atoms with E-state index < -0.39 is 23.7 Å². The number of nitrogens with one attached hydrogen (secondary N) is 1. The van der Waals surface area contributed by atoms with Crippen LogP contribution in [0.15, 0.2) is 78.9 Å². The Morgan fingerprint density at radius 1 is 0.892 bits per heavy atom. The molecule has 3 aromatic rings. The molecule has 2 amide bonds. The molecular weight excluding hydrogens is 472 g/mol. The van der Waals surface area contributed by atoms with Crippen LogP contribution < -0.4 is 5.32 Å². The molecule has 190 valence electrons. The standard InChI is InChI=1S/C29H28N2O6/c32-26(33)16-29(14-15-31(19-29)28(35)37-17-20-8-2-1-3-9-20)30-27(34)36-18-25-23-12-6-4-10-21(23)22-11-5-7-13-24(22)25/h1-13,25H,14-19H2,(H,30,34)(H,32,33). The normalized spacial score (nSPS) is 18.1. The molecule has 2 N–H and O–H groups in total. The van der Waals surface area contributed by atoms with E-state index in [4.69, 9.17) is 9.47 Å². The lowest BCUT2D eigenvalue weighted by molar-refractivity contribution is -0.138. The predicted molar refractivity (Wildman–Crippen MR) is 136 cm³/mol. The Morgan fingerprint density at radius 3 is 2.16 bits per heavy atom. The average Bonchev–Trinajstić information content (AvgIpc) is 3.45. The maximum atomic E-state index is 12.9. The molecule has 1 unspecified atom stereocenters. The van der Waals surface area contributed by atoms with Crippen molar-refractivity contribution in [3.05, 3.63) is 95.6 Å². The van der Waals surface area contributed by atoms with Gasteiger partial charge in [-0.25, -0.2) is 9.59 Å². The second kappa shape index (κ2) is 10.3. The first-order valence-electron chi connectivity index (χ1n) is 12.2. The smallest absolute Gasteiger partial charge is 0.410 e. The zero-order chi connectivity index (χ0) is 25.8. The Bertz CT molecular complexity index is 1270. The van der Waals surface area contributed by atoms with Gasteiger partial charge in [0.05, 0.1) is 12.0 Å². The molecule has 8 heteroatoms. The van der Waals surface area contributed by atoms with Gasteiger partial charge in [-0.1, -0.05) is 78.9 Å². The van der Waals surface area contributed by atoms with Gasteiger partial charge in [0.25, 0.3) is 0 Å². The van der Waals surface area contributed by atoms with E-state index in [0.29, 0.717) is 0 Å². The fourth-order valence-corrected chi connectivity index (χ4v) is 5.27. The van der Waals surface area contributed by atoms with Gasteiger partial charge in [-0.15, -0.1) is 0 Å². The molecular formula is C29H28N2O6. The van der Waals surface area contributed by atoms with E-state index in [2.05, 4.69) is 17.4 Å². The summed E-state index contributed by atoms with van der Waals surface area (Å²) in [5, 5.41) is 12.3. The van der Waals surface area contributed by atoms with Crippen LogP contribution in [0, 0.1) is 0 Å². The first kappa shape index (κ1) is 24.4. The Hall–Kier alpha value is -4.33. The Morgan fingerprint density at radius 2 is 1.51 bits per heavy atom. The van der Waals surface area contributed by atoms with E-state index in [9.17, 15) is 19.5 Å². The van der Waals surface area contributed by atoms with Crippen LogP contribution in [-0.4, -0.2) is 53.4 Å². The first-order chi connectivity index (χ1) is 17.9. The highest BCUT2D eigenvalue weighted by atomic mass is 16.6. The van der Waals surface area contributed by atoms with Crippen molar-refractivity contribution < 1.29 is 29.0 Å². The molecule has 0 radical (unpaired) electrons. The number of carbonyl (C=O) groups excluding carboxylic acids is 2. The number of amides is 2. The summed E-state index contributed by atoms with van der Waals surface area (Å²) in [6.07, 6.45) is -1.31. The molecule has 0 saturated carbocycles. The molecule has 5 rings (SSSR count). The van der Waals surface area contributed by atoms with Crippen molar-refractivity contribution in [2.45, 2.75) is 30.9 Å². The maximum absolute atomic E-state index is 12.9. The van der Waals surface area contributed by atoms with Crippen LogP contribution in [0.4, 0.5) is 9.59 Å². The van der Waals surface area contributed by atoms with E-state index in [0.717, 1.165) is 27.8 Å². The second-order valence-electron chi connectivity index (χ2n) is 9.51. The van der Waals surface area contributed by atoms with Gasteiger partial charge in [0.15, 0.2) is 0 Å². The van der Waals surface area contributed by atoms with Crippen LogP contribution in [0.2, 0.25) is 0 Å². The summed E-state index contributed by atoms with van der Waals surface area (Å²) in [6, 6.07) is 25.4. The third-order valence-corrected chi connectivity index (χ3v) is 7.02. The zero-order valence-electron chi connectivity index (χ0n) is 20.3. The van der Waals surface area contributed by atoms with Gasteiger partial charge >= 0.3 is 18.2 Å². The van der Waals surface area contributed by atoms with Crippen molar-refractivity contribution in [1.29, 1.82) is 0 Å². The molecule has 3 aromatic carbocycles. The zero-order valence-corrected chi connectivity index (χ0v) is 20.3. The number of carboxylic acids is 1.